The van der Waals surface area contributed by atoms with Crippen molar-refractivity contribution in [3.8, 4) is 11.5 Å². The molecular formula is C44H82N2O3. The second-order valence-corrected chi connectivity index (χ2v) is 15.3. The molecule has 1 aliphatic heterocycles. The maximum atomic E-state index is 6.42. The Hall–Kier alpha value is -1.30. The van der Waals surface area contributed by atoms with Gasteiger partial charge in [-0.25, -0.2) is 0 Å². The number of benzene rings is 1. The minimum atomic E-state index is -0.0907. The van der Waals surface area contributed by atoms with E-state index in [1.54, 1.807) is 0 Å². The highest BCUT2D eigenvalue weighted by Gasteiger charge is 2.23. The van der Waals surface area contributed by atoms with E-state index in [9.17, 15) is 0 Å². The van der Waals surface area contributed by atoms with Gasteiger partial charge >= 0.3 is 0 Å². The summed E-state index contributed by atoms with van der Waals surface area (Å²) in [5, 5.41) is 0. The lowest BCUT2D eigenvalue weighted by Gasteiger charge is -2.33. The average Bonchev–Trinajstić information content (AvgIpc) is 3.10. The molecule has 0 aromatic heterocycles. The fraction of sp³-hybridized carbons (Fsp3) is 0.864. The fourth-order valence-electron chi connectivity index (χ4n) is 7.11. The lowest BCUT2D eigenvalue weighted by atomic mass is 10.0. The Morgan fingerprint density at radius 3 is 1.04 bits per heavy atom. The molecule has 0 N–H and O–H groups in total. The largest absolute Gasteiger partial charge is 0.473 e. The van der Waals surface area contributed by atoms with Crippen LogP contribution in [-0.2, 0) is 4.74 Å². The van der Waals surface area contributed by atoms with Gasteiger partial charge in [0.15, 0.2) is 12.5 Å². The molecule has 1 aromatic rings. The van der Waals surface area contributed by atoms with Crippen molar-refractivity contribution in [3.63, 3.8) is 0 Å². The van der Waals surface area contributed by atoms with Crippen molar-refractivity contribution in [2.24, 2.45) is 0 Å². The van der Waals surface area contributed by atoms with Gasteiger partial charge in [0.2, 0.25) is 0 Å². The van der Waals surface area contributed by atoms with Crippen molar-refractivity contribution in [1.82, 2.24) is 9.80 Å². The highest BCUT2D eigenvalue weighted by Crippen LogP contribution is 2.24. The van der Waals surface area contributed by atoms with Crippen LogP contribution in [0.1, 0.15) is 194 Å². The molecule has 1 heterocycles. The van der Waals surface area contributed by atoms with E-state index in [1.165, 1.54) is 180 Å². The Bertz CT molecular complexity index is 788. The zero-order valence-electron chi connectivity index (χ0n) is 33.2. The summed E-state index contributed by atoms with van der Waals surface area (Å²) in [7, 11) is 4.36. The number of fused-ring (bicyclic) bond motifs is 2. The monoisotopic (exact) mass is 687 g/mol. The predicted octanol–water partition coefficient (Wildman–Crippen LogP) is 13.0. The molecule has 2 rings (SSSR count). The van der Waals surface area contributed by atoms with Gasteiger partial charge in [0.05, 0.1) is 13.2 Å². The maximum absolute atomic E-state index is 6.42. The summed E-state index contributed by atoms with van der Waals surface area (Å²) < 4.78 is 19.1. The summed E-state index contributed by atoms with van der Waals surface area (Å²) in [6.45, 7) is 7.75. The Balaban J connectivity index is 1.57. The summed E-state index contributed by atoms with van der Waals surface area (Å²) in [4.78, 5) is 4.67. The molecule has 0 aliphatic carbocycles. The topological polar surface area (TPSA) is 34.2 Å². The second kappa shape index (κ2) is 31.4. The van der Waals surface area contributed by atoms with E-state index in [4.69, 9.17) is 14.2 Å². The van der Waals surface area contributed by atoms with Gasteiger partial charge in [-0.3, -0.25) is 9.80 Å². The third-order valence-corrected chi connectivity index (χ3v) is 10.6. The summed E-state index contributed by atoms with van der Waals surface area (Å²) in [6, 6.07) is 8.17. The maximum Gasteiger partial charge on any atom is 0.175 e. The molecule has 5 nitrogen and oxygen atoms in total. The van der Waals surface area contributed by atoms with E-state index >= 15 is 0 Å². The number of hydrogen-bond donors (Lipinski definition) is 0. The molecule has 1 aliphatic rings. The third kappa shape index (κ3) is 23.7. The quantitative estimate of drug-likeness (QED) is 0.0705. The molecule has 1 aromatic carbocycles. The summed E-state index contributed by atoms with van der Waals surface area (Å²) in [5.41, 5.74) is 0. The van der Waals surface area contributed by atoms with Crippen molar-refractivity contribution in [2.75, 3.05) is 40.4 Å². The summed E-state index contributed by atoms with van der Waals surface area (Å²) in [5.74, 6) is 1.71. The molecule has 2 unspecified atom stereocenters. The van der Waals surface area contributed by atoms with Gasteiger partial charge in [0, 0.05) is 19.2 Å². The van der Waals surface area contributed by atoms with Crippen LogP contribution in [0.15, 0.2) is 24.3 Å². The Morgan fingerprint density at radius 2 is 0.735 bits per heavy atom. The van der Waals surface area contributed by atoms with Crippen LogP contribution in [0.5, 0.6) is 11.5 Å². The van der Waals surface area contributed by atoms with Crippen molar-refractivity contribution in [3.05, 3.63) is 24.3 Å². The first kappa shape index (κ1) is 43.9. The van der Waals surface area contributed by atoms with Crippen LogP contribution >= 0.6 is 0 Å². The van der Waals surface area contributed by atoms with Crippen LogP contribution in [0.25, 0.3) is 0 Å². The standard InChI is InChI=1S/C44H82N2O3/c1-5-7-9-11-13-15-17-19-21-23-25-27-29-31-36-45(3)43-39-47-40-44(49-42-35-33-34-41(38-42)48-43)46(4)37-32-30-28-26-24-22-20-18-16-14-12-10-8-6-2/h33-35,38,43-44H,5-32,36-37,39-40H2,1-4H3. The van der Waals surface area contributed by atoms with E-state index in [1.807, 2.05) is 24.3 Å². The first-order valence-corrected chi connectivity index (χ1v) is 21.6. The first-order valence-electron chi connectivity index (χ1n) is 21.6. The van der Waals surface area contributed by atoms with Crippen molar-refractivity contribution in [2.45, 2.75) is 206 Å². The lowest BCUT2D eigenvalue weighted by Crippen LogP contribution is -2.45. The van der Waals surface area contributed by atoms with E-state index in [0.717, 1.165) is 24.6 Å². The van der Waals surface area contributed by atoms with Crippen molar-refractivity contribution < 1.29 is 14.2 Å². The van der Waals surface area contributed by atoms with Crippen LogP contribution in [-0.4, -0.2) is 62.7 Å². The molecule has 2 bridgehead atoms. The lowest BCUT2D eigenvalue weighted by molar-refractivity contribution is -0.0791. The minimum absolute atomic E-state index is 0.0907. The summed E-state index contributed by atoms with van der Waals surface area (Å²) >= 11 is 0. The van der Waals surface area contributed by atoms with Gasteiger partial charge in [0.25, 0.3) is 0 Å². The molecule has 2 atom stereocenters. The highest BCUT2D eigenvalue weighted by molar-refractivity contribution is 5.33. The van der Waals surface area contributed by atoms with Crippen LogP contribution < -0.4 is 9.47 Å². The van der Waals surface area contributed by atoms with Gasteiger partial charge in [-0.1, -0.05) is 187 Å². The zero-order chi connectivity index (χ0) is 35.0. The number of nitrogens with zero attached hydrogens (tertiary/aromatic N) is 2. The van der Waals surface area contributed by atoms with Crippen molar-refractivity contribution in [1.29, 1.82) is 0 Å². The van der Waals surface area contributed by atoms with Gasteiger partial charge in [-0.05, 0) is 39.1 Å². The van der Waals surface area contributed by atoms with Gasteiger partial charge in [-0.2, -0.15) is 0 Å². The SMILES string of the molecule is CCCCCCCCCCCCCCCCN(C)C1COCC(N(C)CCCCCCCCCCCCCCCC)Oc2cccc(c2)O1. The Labute approximate surface area is 305 Å². The number of ether oxygens (including phenoxy) is 3. The predicted molar refractivity (Wildman–Crippen MR) is 212 cm³/mol. The molecular weight excluding hydrogens is 604 g/mol. The van der Waals surface area contributed by atoms with E-state index in [0.29, 0.717) is 13.2 Å². The molecule has 5 heteroatoms. The molecule has 0 saturated carbocycles. The van der Waals surface area contributed by atoms with Crippen LogP contribution in [0.2, 0.25) is 0 Å². The Morgan fingerprint density at radius 1 is 0.449 bits per heavy atom. The Kier molecular flexibility index (Phi) is 28.1. The second-order valence-electron chi connectivity index (χ2n) is 15.3. The van der Waals surface area contributed by atoms with Crippen LogP contribution in [0.3, 0.4) is 0 Å². The smallest absolute Gasteiger partial charge is 0.175 e. The van der Waals surface area contributed by atoms with Gasteiger partial charge < -0.3 is 14.2 Å². The third-order valence-electron chi connectivity index (χ3n) is 10.6. The van der Waals surface area contributed by atoms with E-state index < -0.39 is 0 Å². The molecule has 286 valence electrons. The highest BCUT2D eigenvalue weighted by atomic mass is 16.6. The fourth-order valence-corrected chi connectivity index (χ4v) is 7.11. The molecule has 0 amide bonds. The van der Waals surface area contributed by atoms with Crippen molar-refractivity contribution >= 4 is 0 Å². The van der Waals surface area contributed by atoms with Gasteiger partial charge in [-0.15, -0.1) is 0 Å². The number of hydrogen-bond acceptors (Lipinski definition) is 5. The van der Waals surface area contributed by atoms with E-state index in [2.05, 4.69) is 37.7 Å². The number of unbranched alkanes of at least 4 members (excludes halogenated alkanes) is 26. The average molecular weight is 687 g/mol. The van der Waals surface area contributed by atoms with Crippen LogP contribution in [0.4, 0.5) is 0 Å². The van der Waals surface area contributed by atoms with Gasteiger partial charge in [0.1, 0.15) is 11.5 Å². The molecule has 0 saturated heterocycles. The molecule has 0 fully saturated rings. The van der Waals surface area contributed by atoms with Crippen LogP contribution in [0, 0.1) is 0 Å². The zero-order valence-corrected chi connectivity index (χ0v) is 33.2. The number of likely N-dealkylation sites (N-methyl/N-ethyl adjacent to an activating group) is 2. The number of rotatable bonds is 32. The normalized spacial score (nSPS) is 16.6. The minimum Gasteiger partial charge on any atom is -0.473 e. The first-order chi connectivity index (χ1) is 24.1. The molecule has 49 heavy (non-hydrogen) atoms. The van der Waals surface area contributed by atoms with E-state index in [-0.39, 0.29) is 12.5 Å². The molecule has 0 radical (unpaired) electrons. The summed E-state index contributed by atoms with van der Waals surface area (Å²) in [6.07, 6.45) is 38.7. The molecule has 0 spiro atoms.